The maximum Gasteiger partial charge on any atom is 1.00 e. The summed E-state index contributed by atoms with van der Waals surface area (Å²) in [6, 6.07) is 0. The SMILES string of the molecule is Br.CCCCCCCCCCCCCCCC[N+](C)(C)C.[Na+]. The molecule has 0 unspecified atom stereocenters. The van der Waals surface area contributed by atoms with Gasteiger partial charge in [0.25, 0.3) is 0 Å². The Labute approximate surface area is 174 Å². The predicted octanol–water partition coefficient (Wildman–Crippen LogP) is 3.76. The Bertz CT molecular complexity index is 192. The van der Waals surface area contributed by atoms with Crippen molar-refractivity contribution in [2.45, 2.75) is 96.8 Å². The average molecular weight is 388 g/mol. The Morgan fingerprint density at radius 1 is 0.500 bits per heavy atom. The number of hydrogen-bond donors (Lipinski definition) is 0. The molecule has 0 fully saturated rings. The van der Waals surface area contributed by atoms with Crippen molar-refractivity contribution in [3.8, 4) is 0 Å². The smallest absolute Gasteiger partial charge is 0.331 e. The monoisotopic (exact) mass is 387 g/mol. The number of rotatable bonds is 15. The molecule has 0 N–H and O–H groups in total. The van der Waals surface area contributed by atoms with Gasteiger partial charge < -0.3 is 4.48 Å². The van der Waals surface area contributed by atoms with Gasteiger partial charge in [0.05, 0.1) is 27.7 Å². The van der Waals surface area contributed by atoms with E-state index in [0.717, 1.165) is 4.48 Å². The third-order valence-electron chi connectivity index (χ3n) is 4.18. The molecule has 0 aliphatic heterocycles. The number of quaternary nitrogens is 1. The van der Waals surface area contributed by atoms with Crippen LogP contribution in [0, 0.1) is 0 Å². The van der Waals surface area contributed by atoms with Crippen LogP contribution in [0.1, 0.15) is 96.8 Å². The first-order chi connectivity index (χ1) is 9.56. The predicted molar refractivity (Wildman–Crippen MR) is 104 cm³/mol. The number of unbranched alkanes of at least 4 members (excludes halogenated alkanes) is 13. The van der Waals surface area contributed by atoms with Crippen LogP contribution in [-0.4, -0.2) is 32.2 Å². The molecule has 0 rings (SSSR count). The van der Waals surface area contributed by atoms with Crippen LogP contribution in [0.5, 0.6) is 0 Å². The van der Waals surface area contributed by atoms with Crippen molar-refractivity contribution < 1.29 is 34.0 Å². The van der Waals surface area contributed by atoms with Crippen molar-refractivity contribution in [1.29, 1.82) is 0 Å². The molecule has 0 aromatic heterocycles. The van der Waals surface area contributed by atoms with E-state index in [2.05, 4.69) is 28.1 Å². The maximum atomic E-state index is 2.29. The number of nitrogens with zero attached hydrogens (tertiary/aromatic N) is 1. The van der Waals surface area contributed by atoms with Gasteiger partial charge in [0.2, 0.25) is 0 Å². The Kier molecular flexibility index (Phi) is 26.3. The summed E-state index contributed by atoms with van der Waals surface area (Å²) in [7, 11) is 6.88. The Hall–Kier alpha value is 1.44. The van der Waals surface area contributed by atoms with E-state index in [4.69, 9.17) is 0 Å². The van der Waals surface area contributed by atoms with Crippen LogP contribution < -0.4 is 29.6 Å². The van der Waals surface area contributed by atoms with Gasteiger partial charge in [-0.1, -0.05) is 84.0 Å². The van der Waals surface area contributed by atoms with Gasteiger partial charge in [-0.05, 0) is 12.8 Å². The first kappa shape index (κ1) is 28.3. The molecule has 0 aromatic rings. The molecular weight excluding hydrogens is 345 g/mol. The summed E-state index contributed by atoms with van der Waals surface area (Å²) in [5, 5.41) is 0. The minimum absolute atomic E-state index is 0. The summed E-state index contributed by atoms with van der Waals surface area (Å²) in [5.74, 6) is 0. The van der Waals surface area contributed by atoms with Gasteiger partial charge >= 0.3 is 29.6 Å². The summed E-state index contributed by atoms with van der Waals surface area (Å²) in [5.41, 5.74) is 0. The van der Waals surface area contributed by atoms with Crippen LogP contribution in [0.4, 0.5) is 0 Å². The summed E-state index contributed by atoms with van der Waals surface area (Å²) < 4.78 is 1.12. The number of hydrogen-bond acceptors (Lipinski definition) is 0. The van der Waals surface area contributed by atoms with Crippen molar-refractivity contribution >= 4 is 17.0 Å². The fourth-order valence-corrected chi connectivity index (χ4v) is 2.78. The molecule has 0 radical (unpaired) electrons. The molecule has 0 atom stereocenters. The molecule has 0 heterocycles. The van der Waals surface area contributed by atoms with Gasteiger partial charge in [-0.15, -0.1) is 17.0 Å². The van der Waals surface area contributed by atoms with Gasteiger partial charge in [0.15, 0.2) is 0 Å². The van der Waals surface area contributed by atoms with Crippen LogP contribution in [0.3, 0.4) is 0 Å². The third-order valence-corrected chi connectivity index (χ3v) is 4.18. The van der Waals surface area contributed by atoms with Crippen LogP contribution >= 0.6 is 17.0 Å². The second-order valence-electron chi connectivity index (χ2n) is 7.61. The Balaban J connectivity index is -0.00000180. The normalized spacial score (nSPS) is 10.9. The van der Waals surface area contributed by atoms with E-state index in [0.29, 0.717) is 0 Å². The molecule has 130 valence electrons. The molecular formula is C19H43BrNNa+2. The largest absolute Gasteiger partial charge is 1.00 e. The van der Waals surface area contributed by atoms with Gasteiger partial charge in [0.1, 0.15) is 0 Å². The molecule has 0 aliphatic carbocycles. The molecule has 22 heavy (non-hydrogen) atoms. The topological polar surface area (TPSA) is 0 Å². The molecule has 0 aliphatic rings. The summed E-state index contributed by atoms with van der Waals surface area (Å²) in [6.45, 7) is 3.63. The Morgan fingerprint density at radius 2 is 0.773 bits per heavy atom. The molecule has 0 amide bonds. The second kappa shape index (κ2) is 20.5. The van der Waals surface area contributed by atoms with Gasteiger partial charge in [0, 0.05) is 0 Å². The van der Waals surface area contributed by atoms with Gasteiger partial charge in [-0.3, -0.25) is 0 Å². The zero-order chi connectivity index (χ0) is 15.1. The maximum absolute atomic E-state index is 2.29. The van der Waals surface area contributed by atoms with Crippen molar-refractivity contribution in [2.24, 2.45) is 0 Å². The number of halogens is 1. The van der Waals surface area contributed by atoms with Crippen molar-refractivity contribution in [3.05, 3.63) is 0 Å². The van der Waals surface area contributed by atoms with E-state index in [9.17, 15) is 0 Å². The van der Waals surface area contributed by atoms with Crippen LogP contribution in [-0.2, 0) is 0 Å². The van der Waals surface area contributed by atoms with Crippen molar-refractivity contribution in [1.82, 2.24) is 0 Å². The van der Waals surface area contributed by atoms with Gasteiger partial charge in [-0.25, -0.2) is 0 Å². The summed E-state index contributed by atoms with van der Waals surface area (Å²) in [4.78, 5) is 0. The Morgan fingerprint density at radius 3 is 1.05 bits per heavy atom. The standard InChI is InChI=1S/C19H42N.BrH.Na/c1-5-6-7-8-9-10-11-12-13-14-15-16-17-18-19-20(2,3)4;;/h5-19H2,1-4H3;1H;/q+1;;+1. The van der Waals surface area contributed by atoms with Crippen molar-refractivity contribution in [3.63, 3.8) is 0 Å². The first-order valence-electron chi connectivity index (χ1n) is 9.36. The second-order valence-corrected chi connectivity index (χ2v) is 7.61. The molecule has 0 saturated carbocycles. The van der Waals surface area contributed by atoms with Crippen molar-refractivity contribution in [2.75, 3.05) is 27.7 Å². The molecule has 1 nitrogen and oxygen atoms in total. The summed E-state index contributed by atoms with van der Waals surface area (Å²) >= 11 is 0. The quantitative estimate of drug-likeness (QED) is 0.228. The van der Waals surface area contributed by atoms with E-state index >= 15 is 0 Å². The van der Waals surface area contributed by atoms with E-state index in [-0.39, 0.29) is 46.5 Å². The average Bonchev–Trinajstić information content (AvgIpc) is 2.38. The molecule has 3 heteroatoms. The van der Waals surface area contributed by atoms with E-state index in [1.54, 1.807) is 0 Å². The first-order valence-corrected chi connectivity index (χ1v) is 9.36. The van der Waals surface area contributed by atoms with E-state index in [1.165, 1.54) is 96.4 Å². The van der Waals surface area contributed by atoms with Crippen LogP contribution in [0.15, 0.2) is 0 Å². The van der Waals surface area contributed by atoms with Crippen LogP contribution in [0.25, 0.3) is 0 Å². The minimum Gasteiger partial charge on any atom is -0.331 e. The fourth-order valence-electron chi connectivity index (χ4n) is 2.78. The summed E-state index contributed by atoms with van der Waals surface area (Å²) in [6.07, 6.45) is 20.4. The third kappa shape index (κ3) is 26.3. The zero-order valence-electron chi connectivity index (χ0n) is 16.5. The fraction of sp³-hybridized carbons (Fsp3) is 1.00. The molecule has 0 saturated heterocycles. The molecule has 0 aromatic carbocycles. The zero-order valence-corrected chi connectivity index (χ0v) is 20.2. The van der Waals surface area contributed by atoms with E-state index in [1.807, 2.05) is 0 Å². The van der Waals surface area contributed by atoms with Crippen LogP contribution in [0.2, 0.25) is 0 Å². The molecule has 0 bridgehead atoms. The molecule has 0 spiro atoms. The minimum atomic E-state index is 0. The van der Waals surface area contributed by atoms with E-state index < -0.39 is 0 Å². The van der Waals surface area contributed by atoms with Gasteiger partial charge in [-0.2, -0.15) is 0 Å².